The average Bonchev–Trinajstić information content (AvgIpc) is 2.89. The summed E-state index contributed by atoms with van der Waals surface area (Å²) in [6.45, 7) is 2.14. The number of aromatic nitrogens is 2. The van der Waals surface area contributed by atoms with E-state index in [1.54, 1.807) is 19.5 Å². The minimum Gasteiger partial charge on any atom is -0.481 e. The second kappa shape index (κ2) is 9.42. The van der Waals surface area contributed by atoms with E-state index in [0.717, 1.165) is 47.4 Å². The summed E-state index contributed by atoms with van der Waals surface area (Å²) in [5.41, 5.74) is 5.73. The molecule has 0 amide bonds. The third-order valence-electron chi connectivity index (χ3n) is 6.30. The fourth-order valence-electron chi connectivity index (χ4n) is 4.50. The molecule has 0 saturated carbocycles. The topological polar surface area (TPSA) is 88.2 Å². The average molecular weight is 442 g/mol. The van der Waals surface area contributed by atoms with Crippen LogP contribution in [0.4, 0.5) is 11.5 Å². The van der Waals surface area contributed by atoms with E-state index < -0.39 is 6.04 Å². The number of aldehydes is 1. The molecule has 2 aliphatic rings. The molecule has 1 saturated heterocycles. The minimum absolute atomic E-state index is 0.461. The van der Waals surface area contributed by atoms with Gasteiger partial charge in [0.25, 0.3) is 0 Å². The Morgan fingerprint density at radius 1 is 1.12 bits per heavy atom. The van der Waals surface area contributed by atoms with Crippen molar-refractivity contribution in [1.29, 1.82) is 0 Å². The van der Waals surface area contributed by atoms with E-state index in [9.17, 15) is 4.79 Å². The van der Waals surface area contributed by atoms with Gasteiger partial charge in [-0.25, -0.2) is 9.97 Å². The molecule has 1 aromatic carbocycles. The molecule has 33 heavy (non-hydrogen) atoms. The van der Waals surface area contributed by atoms with Gasteiger partial charge in [-0.05, 0) is 79.5 Å². The Kier molecular flexibility index (Phi) is 6.04. The van der Waals surface area contributed by atoms with Crippen molar-refractivity contribution in [2.75, 3.05) is 25.5 Å². The lowest BCUT2D eigenvalue weighted by molar-refractivity contribution is -0.109. The first-order valence-corrected chi connectivity index (χ1v) is 11.3. The van der Waals surface area contributed by atoms with Gasteiger partial charge in [0, 0.05) is 29.1 Å². The van der Waals surface area contributed by atoms with Gasteiger partial charge in [0.2, 0.25) is 5.88 Å². The molecule has 2 aliphatic heterocycles. The Morgan fingerprint density at radius 2 is 1.94 bits per heavy atom. The van der Waals surface area contributed by atoms with Gasteiger partial charge < -0.3 is 25.5 Å². The van der Waals surface area contributed by atoms with Crippen LogP contribution in [-0.4, -0.2) is 36.5 Å². The quantitative estimate of drug-likeness (QED) is 0.495. The van der Waals surface area contributed by atoms with Gasteiger partial charge in [-0.1, -0.05) is 12.1 Å². The molecule has 2 aromatic heterocycles. The van der Waals surface area contributed by atoms with Crippen LogP contribution in [0.3, 0.4) is 0 Å². The zero-order chi connectivity index (χ0) is 22.6. The van der Waals surface area contributed by atoms with Crippen molar-refractivity contribution in [2.24, 2.45) is 0 Å². The molecule has 5 rings (SSSR count). The first kappa shape index (κ1) is 21.2. The Hall–Kier alpha value is -3.71. The molecule has 0 bridgehead atoms. The van der Waals surface area contributed by atoms with Crippen LogP contribution in [-0.2, 0) is 4.79 Å². The third kappa shape index (κ3) is 4.45. The summed E-state index contributed by atoms with van der Waals surface area (Å²) in [4.78, 5) is 21.0. The van der Waals surface area contributed by atoms with E-state index in [4.69, 9.17) is 9.72 Å². The number of pyridine rings is 2. The van der Waals surface area contributed by atoms with Crippen molar-refractivity contribution in [3.63, 3.8) is 0 Å². The predicted molar refractivity (Wildman–Crippen MR) is 130 cm³/mol. The number of hydrogen-bond acceptors (Lipinski definition) is 7. The van der Waals surface area contributed by atoms with Crippen LogP contribution in [0.2, 0.25) is 0 Å². The molecule has 1 atom stereocenters. The molecule has 0 spiro atoms. The van der Waals surface area contributed by atoms with Gasteiger partial charge in [0.05, 0.1) is 12.8 Å². The Morgan fingerprint density at radius 3 is 2.64 bits per heavy atom. The number of nitrogens with one attached hydrogen (secondary N) is 3. The van der Waals surface area contributed by atoms with Crippen molar-refractivity contribution in [3.05, 3.63) is 71.6 Å². The molecule has 3 aromatic rings. The number of methoxy groups -OCH3 is 1. The number of carbonyl (C=O) groups is 1. The number of ether oxygens (including phenoxy) is 1. The fraction of sp³-hybridized carbons (Fsp3) is 0.269. The highest BCUT2D eigenvalue weighted by atomic mass is 16.5. The number of piperidine rings is 1. The normalized spacial score (nSPS) is 17.7. The summed E-state index contributed by atoms with van der Waals surface area (Å²) in [6.07, 6.45) is 8.74. The largest absolute Gasteiger partial charge is 0.481 e. The number of benzene rings is 1. The van der Waals surface area contributed by atoms with Gasteiger partial charge in [0.15, 0.2) is 0 Å². The molecule has 1 fully saturated rings. The van der Waals surface area contributed by atoms with Crippen LogP contribution < -0.4 is 20.7 Å². The maximum Gasteiger partial charge on any atom is 0.212 e. The highest BCUT2D eigenvalue weighted by molar-refractivity contribution is 5.80. The van der Waals surface area contributed by atoms with Crippen LogP contribution in [0.1, 0.15) is 41.5 Å². The first-order valence-electron chi connectivity index (χ1n) is 11.3. The first-order chi connectivity index (χ1) is 16.2. The zero-order valence-corrected chi connectivity index (χ0v) is 18.5. The highest BCUT2D eigenvalue weighted by Crippen LogP contribution is 2.34. The second-order valence-corrected chi connectivity index (χ2v) is 8.33. The molecular weight excluding hydrogens is 414 g/mol. The van der Waals surface area contributed by atoms with E-state index in [2.05, 4.69) is 45.2 Å². The van der Waals surface area contributed by atoms with Gasteiger partial charge >= 0.3 is 0 Å². The SMILES string of the molecule is COc1ccc(-c2cc3c(c(Nc4ccc(C5CCNCC5)cc4)n2)C(C=O)NC=C3)cn1. The lowest BCUT2D eigenvalue weighted by atomic mass is 9.90. The van der Waals surface area contributed by atoms with Crippen LogP contribution >= 0.6 is 0 Å². The molecule has 1 unspecified atom stereocenters. The van der Waals surface area contributed by atoms with Crippen LogP contribution in [0.5, 0.6) is 5.88 Å². The molecule has 7 heteroatoms. The number of hydrogen-bond donors (Lipinski definition) is 3. The maximum atomic E-state index is 11.8. The summed E-state index contributed by atoms with van der Waals surface area (Å²) in [5.74, 6) is 1.81. The molecular formula is C26H27N5O2. The predicted octanol–water partition coefficient (Wildman–Crippen LogP) is 4.18. The number of rotatable bonds is 6. The molecule has 0 radical (unpaired) electrons. The lowest BCUT2D eigenvalue weighted by Crippen LogP contribution is -2.26. The highest BCUT2D eigenvalue weighted by Gasteiger charge is 2.23. The van der Waals surface area contributed by atoms with Crippen LogP contribution in [0.25, 0.3) is 17.3 Å². The van der Waals surface area contributed by atoms with E-state index in [1.165, 1.54) is 18.4 Å². The summed E-state index contributed by atoms with van der Waals surface area (Å²) in [5, 5.41) is 9.99. The molecule has 7 nitrogen and oxygen atoms in total. The molecule has 168 valence electrons. The summed E-state index contributed by atoms with van der Waals surface area (Å²) < 4.78 is 5.17. The lowest BCUT2D eigenvalue weighted by Gasteiger charge is -2.24. The van der Waals surface area contributed by atoms with Crippen molar-refractivity contribution in [2.45, 2.75) is 24.8 Å². The second-order valence-electron chi connectivity index (χ2n) is 8.33. The van der Waals surface area contributed by atoms with E-state index >= 15 is 0 Å². The number of anilines is 2. The van der Waals surface area contributed by atoms with Crippen molar-refractivity contribution in [1.82, 2.24) is 20.6 Å². The van der Waals surface area contributed by atoms with E-state index in [0.29, 0.717) is 17.6 Å². The summed E-state index contributed by atoms with van der Waals surface area (Å²) in [7, 11) is 1.59. The van der Waals surface area contributed by atoms with Gasteiger partial charge in [0.1, 0.15) is 18.1 Å². The third-order valence-corrected chi connectivity index (χ3v) is 6.30. The molecule has 0 aliphatic carbocycles. The Balaban J connectivity index is 1.49. The van der Waals surface area contributed by atoms with Gasteiger partial charge in [-0.3, -0.25) is 0 Å². The molecule has 4 heterocycles. The van der Waals surface area contributed by atoms with E-state index in [1.807, 2.05) is 24.3 Å². The number of nitrogens with zero attached hydrogens (tertiary/aromatic N) is 2. The summed E-state index contributed by atoms with van der Waals surface area (Å²) in [6, 6.07) is 13.8. The number of carbonyl (C=O) groups excluding carboxylic acids is 1. The maximum absolute atomic E-state index is 11.8. The standard InChI is InChI=1S/C26H27N5O2/c1-33-24-7-4-20(15-29-24)22-14-19-10-13-28-23(16-32)25(19)26(31-22)30-21-5-2-17(3-6-21)18-8-11-27-12-9-18/h2-7,10,13-16,18,23,27-28H,8-9,11-12H2,1H3,(H,30,31). The fourth-order valence-corrected chi connectivity index (χ4v) is 4.50. The van der Waals surface area contributed by atoms with Gasteiger partial charge in [-0.2, -0.15) is 0 Å². The smallest absolute Gasteiger partial charge is 0.212 e. The van der Waals surface area contributed by atoms with Gasteiger partial charge in [-0.15, -0.1) is 0 Å². The van der Waals surface area contributed by atoms with Crippen molar-refractivity contribution in [3.8, 4) is 17.1 Å². The monoisotopic (exact) mass is 441 g/mol. The number of fused-ring (bicyclic) bond motifs is 1. The minimum atomic E-state index is -0.461. The zero-order valence-electron chi connectivity index (χ0n) is 18.5. The van der Waals surface area contributed by atoms with Crippen molar-refractivity contribution < 1.29 is 9.53 Å². The van der Waals surface area contributed by atoms with E-state index in [-0.39, 0.29) is 0 Å². The van der Waals surface area contributed by atoms with Crippen LogP contribution in [0, 0.1) is 0 Å². The van der Waals surface area contributed by atoms with Crippen LogP contribution in [0.15, 0.2) is 54.9 Å². The Labute approximate surface area is 193 Å². The summed E-state index contributed by atoms with van der Waals surface area (Å²) >= 11 is 0. The van der Waals surface area contributed by atoms with Crippen molar-refractivity contribution >= 4 is 23.9 Å². The Bertz CT molecular complexity index is 1150. The molecule has 3 N–H and O–H groups in total.